The zero-order valence-electron chi connectivity index (χ0n) is 45.8. The van der Waals surface area contributed by atoms with E-state index in [0.717, 1.165) is 77.0 Å². The van der Waals surface area contributed by atoms with E-state index in [1.165, 1.54) is 193 Å². The van der Waals surface area contributed by atoms with E-state index in [9.17, 15) is 15.0 Å². The standard InChI is InChI=1S/C65H115NO3/c1-3-5-7-9-11-13-15-17-19-21-23-25-27-29-30-31-32-33-34-35-37-38-40-42-44-46-48-50-52-54-56-58-60-64(68)63(62-67)66-65(69)61-59-57-55-53-51-49-47-45-43-41-39-36-28-26-24-22-20-18-16-14-12-10-8-6-4-2/h6,8,12,14,18,20,24,26,36,39,42,44,50,52,58,60,63-64,67-68H,3-5,7,9-11,13,15-17,19,21-23,25,27-35,37-38,40-41,43,45-49,51,53-57,59,61-62H2,1-2H3,(H,66,69)/b8-6-,14-12-,20-18-,26-24-,39-36-,44-42+,52-50+,60-58+. The number of carbonyl (C=O) groups is 1. The van der Waals surface area contributed by atoms with Gasteiger partial charge >= 0.3 is 0 Å². The zero-order chi connectivity index (χ0) is 49.9. The third kappa shape index (κ3) is 56.1. The van der Waals surface area contributed by atoms with Gasteiger partial charge in [-0.15, -0.1) is 0 Å². The van der Waals surface area contributed by atoms with Crippen molar-refractivity contribution in [1.82, 2.24) is 5.32 Å². The van der Waals surface area contributed by atoms with Crippen LogP contribution in [0.15, 0.2) is 97.2 Å². The average Bonchev–Trinajstić information content (AvgIpc) is 3.35. The highest BCUT2D eigenvalue weighted by Crippen LogP contribution is 2.16. The van der Waals surface area contributed by atoms with Gasteiger partial charge in [0.2, 0.25) is 5.91 Å². The number of aliphatic hydroxyl groups excluding tert-OH is 2. The van der Waals surface area contributed by atoms with Crippen molar-refractivity contribution in [3.63, 3.8) is 0 Å². The lowest BCUT2D eigenvalue weighted by Gasteiger charge is -2.19. The van der Waals surface area contributed by atoms with Crippen LogP contribution in [0.3, 0.4) is 0 Å². The van der Waals surface area contributed by atoms with Gasteiger partial charge in [-0.1, -0.05) is 291 Å². The van der Waals surface area contributed by atoms with Crippen LogP contribution in [0.25, 0.3) is 0 Å². The van der Waals surface area contributed by atoms with Crippen molar-refractivity contribution in [1.29, 1.82) is 0 Å². The Morgan fingerprint density at radius 2 is 0.652 bits per heavy atom. The first-order chi connectivity index (χ1) is 34.2. The van der Waals surface area contributed by atoms with Gasteiger partial charge in [0.25, 0.3) is 0 Å². The maximum atomic E-state index is 12.5. The molecule has 0 saturated heterocycles. The van der Waals surface area contributed by atoms with E-state index in [2.05, 4.69) is 104 Å². The molecule has 0 aromatic carbocycles. The van der Waals surface area contributed by atoms with Gasteiger partial charge in [0.05, 0.1) is 18.8 Å². The van der Waals surface area contributed by atoms with Gasteiger partial charge in [-0.2, -0.15) is 0 Å². The van der Waals surface area contributed by atoms with Crippen molar-refractivity contribution in [3.05, 3.63) is 97.2 Å². The minimum Gasteiger partial charge on any atom is -0.394 e. The fourth-order valence-corrected chi connectivity index (χ4v) is 8.77. The first-order valence-electron chi connectivity index (χ1n) is 30.0. The van der Waals surface area contributed by atoms with Crippen LogP contribution in [0.2, 0.25) is 0 Å². The van der Waals surface area contributed by atoms with Crippen LogP contribution in [-0.4, -0.2) is 34.9 Å². The zero-order valence-corrected chi connectivity index (χ0v) is 45.8. The molecule has 0 bridgehead atoms. The molecule has 1 amide bonds. The summed E-state index contributed by atoms with van der Waals surface area (Å²) in [6.07, 6.45) is 88.7. The molecule has 0 heterocycles. The topological polar surface area (TPSA) is 69.6 Å². The van der Waals surface area contributed by atoms with Crippen LogP contribution in [0.5, 0.6) is 0 Å². The van der Waals surface area contributed by atoms with Crippen molar-refractivity contribution < 1.29 is 15.0 Å². The Balaban J connectivity index is 3.58. The number of carbonyl (C=O) groups excluding carboxylic acids is 1. The van der Waals surface area contributed by atoms with E-state index in [1.807, 2.05) is 6.08 Å². The number of unbranched alkanes of at least 4 members (excludes halogenated alkanes) is 33. The maximum Gasteiger partial charge on any atom is 0.220 e. The molecule has 0 saturated carbocycles. The molecule has 0 aliphatic carbocycles. The molecule has 0 rings (SSSR count). The molecular formula is C65H115NO3. The lowest BCUT2D eigenvalue weighted by Crippen LogP contribution is -2.45. The van der Waals surface area contributed by atoms with Crippen LogP contribution < -0.4 is 5.32 Å². The smallest absolute Gasteiger partial charge is 0.220 e. The molecule has 69 heavy (non-hydrogen) atoms. The van der Waals surface area contributed by atoms with Gasteiger partial charge in [-0.25, -0.2) is 0 Å². The largest absolute Gasteiger partial charge is 0.394 e. The van der Waals surface area contributed by atoms with Crippen molar-refractivity contribution in [2.75, 3.05) is 6.61 Å². The Morgan fingerprint density at radius 1 is 0.362 bits per heavy atom. The average molecular weight is 959 g/mol. The quantitative estimate of drug-likeness (QED) is 0.0420. The van der Waals surface area contributed by atoms with Crippen molar-refractivity contribution in [3.8, 4) is 0 Å². The van der Waals surface area contributed by atoms with E-state index < -0.39 is 12.1 Å². The SMILES string of the molecule is CC/C=C\C/C=C\C/C=C\C/C=C\C/C=C\CCCCCCCCCCCC(=O)NC(CO)C(O)/C=C/CC/C=C/CC/C=C/CCCCCCCCCCCCCCCCCCCCCCCC. The molecule has 2 unspecified atom stereocenters. The summed E-state index contributed by atoms with van der Waals surface area (Å²) in [5.74, 6) is -0.0861. The molecule has 0 aliphatic rings. The first-order valence-corrected chi connectivity index (χ1v) is 30.0. The highest BCUT2D eigenvalue weighted by molar-refractivity contribution is 5.76. The van der Waals surface area contributed by atoms with Crippen LogP contribution in [0, 0.1) is 0 Å². The van der Waals surface area contributed by atoms with Crippen LogP contribution in [0.1, 0.15) is 290 Å². The highest BCUT2D eigenvalue weighted by Gasteiger charge is 2.18. The summed E-state index contributed by atoms with van der Waals surface area (Å²) in [6.45, 7) is 4.19. The molecule has 0 fully saturated rings. The Labute approximate surface area is 430 Å². The second-order valence-electron chi connectivity index (χ2n) is 20.0. The predicted octanol–water partition coefficient (Wildman–Crippen LogP) is 20.1. The normalized spacial score (nSPS) is 13.5. The Kier molecular flexibility index (Phi) is 57.3. The van der Waals surface area contributed by atoms with Crippen molar-refractivity contribution in [2.45, 2.75) is 302 Å². The van der Waals surface area contributed by atoms with E-state index in [4.69, 9.17) is 0 Å². The summed E-state index contributed by atoms with van der Waals surface area (Å²) in [7, 11) is 0. The molecule has 0 aromatic rings. The molecule has 2 atom stereocenters. The van der Waals surface area contributed by atoms with Crippen LogP contribution in [0.4, 0.5) is 0 Å². The van der Waals surface area contributed by atoms with Gasteiger partial charge in [0, 0.05) is 6.42 Å². The van der Waals surface area contributed by atoms with Crippen molar-refractivity contribution >= 4 is 5.91 Å². The van der Waals surface area contributed by atoms with Crippen LogP contribution in [-0.2, 0) is 4.79 Å². The number of amides is 1. The predicted molar refractivity (Wildman–Crippen MR) is 308 cm³/mol. The summed E-state index contributed by atoms with van der Waals surface area (Å²) >= 11 is 0. The van der Waals surface area contributed by atoms with Gasteiger partial charge in [-0.3, -0.25) is 4.79 Å². The Hall–Kier alpha value is -2.69. The lowest BCUT2D eigenvalue weighted by atomic mass is 10.0. The molecule has 0 radical (unpaired) electrons. The summed E-state index contributed by atoms with van der Waals surface area (Å²) in [5.41, 5.74) is 0. The molecule has 0 aromatic heterocycles. The Morgan fingerprint density at radius 3 is 1.01 bits per heavy atom. The molecule has 398 valence electrons. The number of nitrogens with one attached hydrogen (secondary N) is 1. The number of allylic oxidation sites excluding steroid dienone is 15. The molecule has 3 N–H and O–H groups in total. The number of hydrogen-bond acceptors (Lipinski definition) is 3. The fourth-order valence-electron chi connectivity index (χ4n) is 8.77. The van der Waals surface area contributed by atoms with E-state index in [0.29, 0.717) is 6.42 Å². The monoisotopic (exact) mass is 958 g/mol. The van der Waals surface area contributed by atoms with Gasteiger partial charge in [0.15, 0.2) is 0 Å². The number of aliphatic hydroxyl groups is 2. The minimum absolute atomic E-state index is 0.0861. The van der Waals surface area contributed by atoms with Gasteiger partial charge < -0.3 is 15.5 Å². The number of hydrogen-bond donors (Lipinski definition) is 3. The molecular weight excluding hydrogens is 843 g/mol. The van der Waals surface area contributed by atoms with Gasteiger partial charge in [0.1, 0.15) is 0 Å². The summed E-state index contributed by atoms with van der Waals surface area (Å²) in [6, 6.07) is -0.657. The fraction of sp³-hybridized carbons (Fsp3) is 0.738. The summed E-state index contributed by atoms with van der Waals surface area (Å²) in [4.78, 5) is 12.5. The molecule has 0 aliphatic heterocycles. The minimum atomic E-state index is -0.881. The molecule has 0 spiro atoms. The lowest BCUT2D eigenvalue weighted by molar-refractivity contribution is -0.123. The van der Waals surface area contributed by atoms with Crippen molar-refractivity contribution in [2.24, 2.45) is 0 Å². The second-order valence-corrected chi connectivity index (χ2v) is 20.0. The maximum absolute atomic E-state index is 12.5. The third-order valence-corrected chi connectivity index (χ3v) is 13.3. The second kappa shape index (κ2) is 59.6. The van der Waals surface area contributed by atoms with E-state index >= 15 is 0 Å². The third-order valence-electron chi connectivity index (χ3n) is 13.3. The molecule has 4 nitrogen and oxygen atoms in total. The summed E-state index contributed by atoms with van der Waals surface area (Å²) in [5, 5.41) is 23.2. The van der Waals surface area contributed by atoms with E-state index in [1.54, 1.807) is 6.08 Å². The Bertz CT molecular complexity index is 1270. The van der Waals surface area contributed by atoms with E-state index in [-0.39, 0.29) is 12.5 Å². The number of rotatable bonds is 54. The first kappa shape index (κ1) is 66.3. The molecule has 4 heteroatoms. The van der Waals surface area contributed by atoms with Gasteiger partial charge in [-0.05, 0) is 89.9 Å². The highest BCUT2D eigenvalue weighted by atomic mass is 16.3. The van der Waals surface area contributed by atoms with Crippen LogP contribution >= 0.6 is 0 Å². The summed E-state index contributed by atoms with van der Waals surface area (Å²) < 4.78 is 0.